The monoisotopic (exact) mass is 450 g/mol. The van der Waals surface area contributed by atoms with Crippen LogP contribution in [0.15, 0.2) is 18.5 Å². The second-order valence-corrected chi connectivity index (χ2v) is 9.69. The summed E-state index contributed by atoms with van der Waals surface area (Å²) in [5.74, 6) is 1.50. The molecule has 1 aliphatic carbocycles. The molecule has 1 saturated heterocycles. The number of fused-ring (bicyclic) bond motifs is 3. The van der Waals surface area contributed by atoms with Gasteiger partial charge in [-0.15, -0.1) is 11.3 Å². The molecule has 5 rings (SSSR count). The summed E-state index contributed by atoms with van der Waals surface area (Å²) in [5.41, 5.74) is 9.55. The van der Waals surface area contributed by atoms with Crippen molar-refractivity contribution in [2.75, 3.05) is 37.3 Å². The maximum Gasteiger partial charge on any atom is 0.144 e. The molecule has 0 atom stereocenters. The van der Waals surface area contributed by atoms with E-state index in [0.29, 0.717) is 23.6 Å². The van der Waals surface area contributed by atoms with Crippen molar-refractivity contribution in [3.63, 3.8) is 0 Å². The van der Waals surface area contributed by atoms with Crippen LogP contribution >= 0.6 is 11.3 Å². The van der Waals surface area contributed by atoms with Crippen molar-refractivity contribution in [3.05, 3.63) is 34.5 Å². The van der Waals surface area contributed by atoms with Gasteiger partial charge < -0.3 is 21.2 Å². The zero-order valence-corrected chi connectivity index (χ0v) is 19.1. The predicted molar refractivity (Wildman–Crippen MR) is 132 cm³/mol. The molecule has 1 fully saturated rings. The van der Waals surface area contributed by atoms with E-state index in [0.717, 1.165) is 54.2 Å². The summed E-state index contributed by atoms with van der Waals surface area (Å²) in [4.78, 5) is 14.0. The van der Waals surface area contributed by atoms with Crippen molar-refractivity contribution in [2.24, 2.45) is 0 Å². The number of nitrogens with zero attached hydrogens (tertiary/aromatic N) is 3. The molecule has 4 N–H and O–H groups in total. The van der Waals surface area contributed by atoms with E-state index in [2.05, 4.69) is 20.2 Å². The molecule has 7 nitrogen and oxygen atoms in total. The summed E-state index contributed by atoms with van der Waals surface area (Å²) < 4.78 is 6.20. The van der Waals surface area contributed by atoms with Gasteiger partial charge in [0, 0.05) is 35.0 Å². The standard InChI is InChI=1S/C24H30N6OS/c25-14-16-12-19(20(13-18(16)26)31-11-10-30-8-4-1-5-9-30)29-23-22-17-6-2-3-7-21(17)32-24(22)28-15-27-23/h12-15,25H,1-11,26H2,(H,27,28,29). The van der Waals surface area contributed by atoms with Crippen LogP contribution in [0, 0.1) is 5.41 Å². The number of rotatable bonds is 7. The number of nitrogen functional groups attached to an aromatic ring is 1. The number of hydrogen-bond donors (Lipinski definition) is 3. The van der Waals surface area contributed by atoms with Gasteiger partial charge in [-0.25, -0.2) is 9.97 Å². The quantitative estimate of drug-likeness (QED) is 0.354. The lowest BCUT2D eigenvalue weighted by Crippen LogP contribution is -2.33. The first-order chi connectivity index (χ1) is 15.7. The van der Waals surface area contributed by atoms with E-state index >= 15 is 0 Å². The molecule has 32 heavy (non-hydrogen) atoms. The number of aromatic nitrogens is 2. The summed E-state index contributed by atoms with van der Waals surface area (Å²) in [6.07, 6.45) is 11.4. The first-order valence-corrected chi connectivity index (χ1v) is 12.4. The van der Waals surface area contributed by atoms with Crippen molar-refractivity contribution < 1.29 is 4.74 Å². The number of ether oxygens (including phenoxy) is 1. The van der Waals surface area contributed by atoms with Gasteiger partial charge in [0.2, 0.25) is 0 Å². The van der Waals surface area contributed by atoms with Crippen molar-refractivity contribution in [1.29, 1.82) is 5.41 Å². The molecule has 1 aliphatic heterocycles. The second-order valence-electron chi connectivity index (χ2n) is 8.61. The third kappa shape index (κ3) is 4.29. The topological polar surface area (TPSA) is 100 Å². The SMILES string of the molecule is N=Cc1cc(Nc2ncnc3sc4c(c23)CCCC4)c(OCCN2CCCCC2)cc1N. The molecule has 0 bridgehead atoms. The number of aryl methyl sites for hydroxylation is 2. The minimum atomic E-state index is 0.541. The highest BCUT2D eigenvalue weighted by molar-refractivity contribution is 7.19. The van der Waals surface area contributed by atoms with Gasteiger partial charge in [-0.05, 0) is 63.2 Å². The molecule has 3 aromatic rings. The highest BCUT2D eigenvalue weighted by Gasteiger charge is 2.21. The Hall–Kier alpha value is -2.71. The van der Waals surface area contributed by atoms with Gasteiger partial charge in [-0.1, -0.05) is 6.42 Å². The van der Waals surface area contributed by atoms with Crippen molar-refractivity contribution >= 4 is 45.0 Å². The van der Waals surface area contributed by atoms with E-state index in [4.69, 9.17) is 15.9 Å². The van der Waals surface area contributed by atoms with E-state index in [1.54, 1.807) is 17.7 Å². The van der Waals surface area contributed by atoms with Crippen LogP contribution in [0.5, 0.6) is 5.75 Å². The molecule has 0 unspecified atom stereocenters. The van der Waals surface area contributed by atoms with E-state index in [1.165, 1.54) is 48.8 Å². The summed E-state index contributed by atoms with van der Waals surface area (Å²) in [6.45, 7) is 3.80. The van der Waals surface area contributed by atoms with Crippen LogP contribution in [-0.2, 0) is 12.8 Å². The van der Waals surface area contributed by atoms with Crippen LogP contribution in [0.25, 0.3) is 10.2 Å². The first kappa shape index (κ1) is 21.2. The molecule has 0 radical (unpaired) electrons. The smallest absolute Gasteiger partial charge is 0.144 e. The maximum atomic E-state index is 7.73. The van der Waals surface area contributed by atoms with Gasteiger partial charge >= 0.3 is 0 Å². The van der Waals surface area contributed by atoms with E-state index in [-0.39, 0.29) is 0 Å². The van der Waals surface area contributed by atoms with Crippen LogP contribution in [0.1, 0.15) is 48.1 Å². The zero-order chi connectivity index (χ0) is 21.9. The minimum absolute atomic E-state index is 0.541. The average Bonchev–Trinajstić information content (AvgIpc) is 3.21. The lowest BCUT2D eigenvalue weighted by atomic mass is 9.97. The highest BCUT2D eigenvalue weighted by atomic mass is 32.1. The zero-order valence-electron chi connectivity index (χ0n) is 18.3. The molecular formula is C24H30N6OS. The lowest BCUT2D eigenvalue weighted by molar-refractivity contribution is 0.184. The minimum Gasteiger partial charge on any atom is -0.490 e. The summed E-state index contributed by atoms with van der Waals surface area (Å²) >= 11 is 1.78. The van der Waals surface area contributed by atoms with Gasteiger partial charge in [-0.2, -0.15) is 0 Å². The van der Waals surface area contributed by atoms with Crippen molar-refractivity contribution in [1.82, 2.24) is 14.9 Å². The van der Waals surface area contributed by atoms with E-state index in [9.17, 15) is 0 Å². The number of anilines is 3. The molecule has 2 aromatic heterocycles. The number of benzene rings is 1. The Bertz CT molecular complexity index is 1120. The van der Waals surface area contributed by atoms with Crippen LogP contribution < -0.4 is 15.8 Å². The van der Waals surface area contributed by atoms with Gasteiger partial charge in [-0.3, -0.25) is 4.90 Å². The van der Waals surface area contributed by atoms with Crippen LogP contribution in [0.2, 0.25) is 0 Å². The molecule has 0 amide bonds. The third-order valence-corrected chi connectivity index (χ3v) is 7.66. The Balaban J connectivity index is 1.43. The van der Waals surface area contributed by atoms with Crippen molar-refractivity contribution in [3.8, 4) is 5.75 Å². The predicted octanol–water partition coefficient (Wildman–Crippen LogP) is 4.76. The van der Waals surface area contributed by atoms with Crippen LogP contribution in [-0.4, -0.2) is 47.3 Å². The Labute approximate surface area is 192 Å². The van der Waals surface area contributed by atoms with Gasteiger partial charge in [0.05, 0.1) is 11.1 Å². The molecule has 1 aromatic carbocycles. The summed E-state index contributed by atoms with van der Waals surface area (Å²) in [7, 11) is 0. The molecule has 8 heteroatoms. The number of thiophene rings is 1. The molecule has 0 saturated carbocycles. The number of likely N-dealkylation sites (tertiary alicyclic amines) is 1. The van der Waals surface area contributed by atoms with E-state index in [1.807, 2.05) is 12.1 Å². The largest absolute Gasteiger partial charge is 0.490 e. The number of nitrogens with one attached hydrogen (secondary N) is 2. The fourth-order valence-electron chi connectivity index (χ4n) is 4.73. The molecule has 2 aliphatic rings. The Morgan fingerprint density at radius 2 is 1.97 bits per heavy atom. The number of piperidine rings is 1. The fourth-order valence-corrected chi connectivity index (χ4v) is 5.96. The second kappa shape index (κ2) is 9.42. The number of nitrogens with two attached hydrogens (primary N) is 1. The molecule has 168 valence electrons. The number of hydrogen-bond acceptors (Lipinski definition) is 8. The average molecular weight is 451 g/mol. The van der Waals surface area contributed by atoms with Gasteiger partial charge in [0.1, 0.15) is 29.3 Å². The Morgan fingerprint density at radius 1 is 1.12 bits per heavy atom. The van der Waals surface area contributed by atoms with Crippen LogP contribution in [0.3, 0.4) is 0 Å². The summed E-state index contributed by atoms with van der Waals surface area (Å²) in [6, 6.07) is 3.70. The molecule has 0 spiro atoms. The Kier molecular flexibility index (Phi) is 6.23. The molecule has 3 heterocycles. The first-order valence-electron chi connectivity index (χ1n) is 11.5. The van der Waals surface area contributed by atoms with Crippen LogP contribution in [0.4, 0.5) is 17.2 Å². The highest BCUT2D eigenvalue weighted by Crippen LogP contribution is 2.40. The summed E-state index contributed by atoms with van der Waals surface area (Å²) in [5, 5.41) is 12.4. The van der Waals surface area contributed by atoms with Gasteiger partial charge in [0.25, 0.3) is 0 Å². The third-order valence-electron chi connectivity index (χ3n) is 6.46. The van der Waals surface area contributed by atoms with Gasteiger partial charge in [0.15, 0.2) is 0 Å². The Morgan fingerprint density at radius 3 is 2.81 bits per heavy atom. The molecular weight excluding hydrogens is 420 g/mol. The van der Waals surface area contributed by atoms with E-state index < -0.39 is 0 Å². The van der Waals surface area contributed by atoms with Crippen molar-refractivity contribution in [2.45, 2.75) is 44.9 Å². The maximum absolute atomic E-state index is 7.73. The normalized spacial score (nSPS) is 16.6. The fraction of sp³-hybridized carbons (Fsp3) is 0.458. The lowest BCUT2D eigenvalue weighted by Gasteiger charge is -2.26.